The second-order valence-corrected chi connectivity index (χ2v) is 9.78. The molecule has 1 amide bonds. The Morgan fingerprint density at radius 2 is 2.06 bits per heavy atom. The quantitative estimate of drug-likeness (QED) is 0.419. The lowest BCUT2D eigenvalue weighted by atomic mass is 10.0. The summed E-state index contributed by atoms with van der Waals surface area (Å²) in [6, 6.07) is 17.9. The summed E-state index contributed by atoms with van der Waals surface area (Å²) in [6.45, 7) is 3.77. The average molecular weight is 483 g/mol. The van der Waals surface area contributed by atoms with Gasteiger partial charge in [0.05, 0.1) is 12.1 Å². The van der Waals surface area contributed by atoms with E-state index < -0.39 is 0 Å². The van der Waals surface area contributed by atoms with E-state index in [1.165, 1.54) is 11.3 Å². The van der Waals surface area contributed by atoms with Crippen molar-refractivity contribution in [2.75, 3.05) is 18.0 Å². The first-order valence-corrected chi connectivity index (χ1v) is 12.7. The zero-order valence-electron chi connectivity index (χ0n) is 19.6. The number of hydrogen-bond donors (Lipinski definition) is 1. The highest BCUT2D eigenvalue weighted by Crippen LogP contribution is 2.32. The summed E-state index contributed by atoms with van der Waals surface area (Å²) in [7, 11) is 0. The largest absolute Gasteiger partial charge is 0.315 e. The summed E-state index contributed by atoms with van der Waals surface area (Å²) >= 11 is 1.48. The van der Waals surface area contributed by atoms with Gasteiger partial charge < -0.3 is 5.32 Å². The number of aromatic nitrogens is 3. The third-order valence-corrected chi connectivity index (χ3v) is 7.39. The number of carbonyl (C=O) groups excluding carboxylic acids is 1. The van der Waals surface area contributed by atoms with E-state index in [1.54, 1.807) is 6.20 Å². The van der Waals surface area contributed by atoms with Gasteiger partial charge in [0.15, 0.2) is 0 Å². The van der Waals surface area contributed by atoms with E-state index in [2.05, 4.69) is 40.6 Å². The van der Waals surface area contributed by atoms with E-state index in [9.17, 15) is 4.79 Å². The first kappa shape index (κ1) is 23.1. The molecular formula is C27H26N6OS. The van der Waals surface area contributed by atoms with E-state index in [-0.39, 0.29) is 11.9 Å². The Kier molecular flexibility index (Phi) is 6.80. The number of nitrogens with zero attached hydrogens (tertiary/aromatic N) is 5. The van der Waals surface area contributed by atoms with Gasteiger partial charge in [-0.1, -0.05) is 41.7 Å². The van der Waals surface area contributed by atoms with Gasteiger partial charge in [-0.05, 0) is 55.5 Å². The van der Waals surface area contributed by atoms with Crippen molar-refractivity contribution in [1.29, 1.82) is 5.26 Å². The van der Waals surface area contributed by atoms with Crippen molar-refractivity contribution in [3.05, 3.63) is 70.9 Å². The summed E-state index contributed by atoms with van der Waals surface area (Å²) in [5.74, 6) is 0.662. The van der Waals surface area contributed by atoms with Crippen molar-refractivity contribution in [1.82, 2.24) is 20.5 Å². The molecule has 1 atom stereocenters. The Morgan fingerprint density at radius 3 is 2.83 bits per heavy atom. The number of aryl methyl sites for hydroxylation is 2. The van der Waals surface area contributed by atoms with Crippen LogP contribution in [0.3, 0.4) is 0 Å². The Labute approximate surface area is 208 Å². The molecule has 0 saturated carbocycles. The van der Waals surface area contributed by atoms with Gasteiger partial charge in [0.1, 0.15) is 15.8 Å². The number of piperidine rings is 1. The van der Waals surface area contributed by atoms with Crippen LogP contribution in [0.1, 0.15) is 40.2 Å². The van der Waals surface area contributed by atoms with Crippen molar-refractivity contribution >= 4 is 33.8 Å². The number of pyridine rings is 1. The second-order valence-electron chi connectivity index (χ2n) is 8.72. The molecule has 0 unspecified atom stereocenters. The minimum atomic E-state index is -0.0551. The van der Waals surface area contributed by atoms with Crippen LogP contribution in [0, 0.1) is 18.3 Å². The van der Waals surface area contributed by atoms with Crippen LogP contribution in [-0.4, -0.2) is 40.2 Å². The molecule has 0 spiro atoms. The van der Waals surface area contributed by atoms with E-state index in [0.29, 0.717) is 18.4 Å². The molecule has 3 heterocycles. The fourth-order valence-corrected chi connectivity index (χ4v) is 5.43. The summed E-state index contributed by atoms with van der Waals surface area (Å²) in [4.78, 5) is 20.6. The third-order valence-electron chi connectivity index (χ3n) is 6.36. The van der Waals surface area contributed by atoms with Crippen molar-refractivity contribution in [3.8, 4) is 16.6 Å². The molecule has 1 aliphatic rings. The van der Waals surface area contributed by atoms with E-state index >= 15 is 0 Å². The van der Waals surface area contributed by atoms with Gasteiger partial charge in [0, 0.05) is 42.1 Å². The standard InChI is InChI=1S/C27H26N6OS/c1-18-5-2-6-19-13-16-30-25(24(18)19)33(22-7-4-15-29-17-22)27(34)21-11-9-20(10-12-21)26-32-31-23(35-26)8-3-14-28/h2,5-6,9-13,16,22,29H,3-4,7-8,15,17H2,1H3/t22-/m1/s1. The Hall–Kier alpha value is -3.67. The van der Waals surface area contributed by atoms with Gasteiger partial charge in [-0.3, -0.25) is 9.69 Å². The molecule has 0 aliphatic carbocycles. The van der Waals surface area contributed by atoms with Gasteiger partial charge >= 0.3 is 0 Å². The number of rotatable bonds is 6. The molecule has 35 heavy (non-hydrogen) atoms. The van der Waals surface area contributed by atoms with E-state index in [1.807, 2.05) is 41.3 Å². The first-order chi connectivity index (χ1) is 17.2. The highest BCUT2D eigenvalue weighted by atomic mass is 32.1. The SMILES string of the molecule is Cc1cccc2ccnc(N(C(=O)c3ccc(-c4nnc(CCC#N)s4)cc3)[C@@H]3CCCNC3)c12. The van der Waals surface area contributed by atoms with Crippen LogP contribution in [0.5, 0.6) is 0 Å². The highest BCUT2D eigenvalue weighted by Gasteiger charge is 2.30. The average Bonchev–Trinajstić information content (AvgIpc) is 3.37. The molecule has 0 bridgehead atoms. The zero-order valence-corrected chi connectivity index (χ0v) is 20.4. The maximum atomic E-state index is 14.0. The molecule has 176 valence electrons. The maximum absolute atomic E-state index is 14.0. The number of nitriles is 1. The zero-order chi connectivity index (χ0) is 24.2. The Morgan fingerprint density at radius 1 is 1.20 bits per heavy atom. The number of carbonyl (C=O) groups is 1. The predicted octanol–water partition coefficient (Wildman–Crippen LogP) is 4.92. The smallest absolute Gasteiger partial charge is 0.259 e. The van der Waals surface area contributed by atoms with Crippen molar-refractivity contribution in [3.63, 3.8) is 0 Å². The van der Waals surface area contributed by atoms with Crippen LogP contribution in [0.2, 0.25) is 0 Å². The van der Waals surface area contributed by atoms with Gasteiger partial charge in [0.25, 0.3) is 5.91 Å². The molecular weight excluding hydrogens is 456 g/mol. The van der Waals surface area contributed by atoms with Crippen LogP contribution in [0.4, 0.5) is 5.82 Å². The third kappa shape index (κ3) is 4.78. The molecule has 1 aliphatic heterocycles. The topological polar surface area (TPSA) is 94.8 Å². The Bertz CT molecular complexity index is 1380. The normalized spacial score (nSPS) is 15.6. The van der Waals surface area contributed by atoms with Crippen LogP contribution >= 0.6 is 11.3 Å². The minimum absolute atomic E-state index is 0.0273. The lowest BCUT2D eigenvalue weighted by Gasteiger charge is -2.35. The van der Waals surface area contributed by atoms with E-state index in [4.69, 9.17) is 10.2 Å². The highest BCUT2D eigenvalue weighted by molar-refractivity contribution is 7.14. The molecule has 8 heteroatoms. The molecule has 5 rings (SSSR count). The van der Waals surface area contributed by atoms with E-state index in [0.717, 1.165) is 63.7 Å². The fraction of sp³-hybridized carbons (Fsp3) is 0.296. The molecule has 0 radical (unpaired) electrons. The maximum Gasteiger partial charge on any atom is 0.259 e. The predicted molar refractivity (Wildman–Crippen MR) is 138 cm³/mol. The van der Waals surface area contributed by atoms with Gasteiger partial charge in [-0.15, -0.1) is 10.2 Å². The van der Waals surface area contributed by atoms with Crippen molar-refractivity contribution < 1.29 is 4.79 Å². The monoisotopic (exact) mass is 482 g/mol. The molecule has 2 aromatic heterocycles. The fourth-order valence-electron chi connectivity index (χ4n) is 4.59. The molecule has 1 N–H and O–H groups in total. The molecule has 1 saturated heterocycles. The molecule has 2 aromatic carbocycles. The van der Waals surface area contributed by atoms with Crippen LogP contribution in [0.15, 0.2) is 54.7 Å². The lowest BCUT2D eigenvalue weighted by molar-refractivity contribution is 0.0972. The Balaban J connectivity index is 1.49. The van der Waals surface area contributed by atoms with Gasteiger partial charge in [-0.25, -0.2) is 4.98 Å². The van der Waals surface area contributed by atoms with Crippen molar-refractivity contribution in [2.24, 2.45) is 0 Å². The number of anilines is 1. The van der Waals surface area contributed by atoms with Gasteiger partial charge in [-0.2, -0.15) is 5.26 Å². The minimum Gasteiger partial charge on any atom is -0.315 e. The lowest BCUT2D eigenvalue weighted by Crippen LogP contribution is -2.49. The number of fused-ring (bicyclic) bond motifs is 1. The molecule has 4 aromatic rings. The van der Waals surface area contributed by atoms with Crippen LogP contribution in [-0.2, 0) is 6.42 Å². The summed E-state index contributed by atoms with van der Waals surface area (Å²) in [5.41, 5.74) is 2.62. The van der Waals surface area contributed by atoms with Crippen LogP contribution in [0.25, 0.3) is 21.3 Å². The molecule has 1 fully saturated rings. The number of nitrogens with one attached hydrogen (secondary N) is 1. The number of amides is 1. The summed E-state index contributed by atoms with van der Waals surface area (Å²) in [6.07, 6.45) is 4.76. The number of hydrogen-bond acceptors (Lipinski definition) is 7. The first-order valence-electron chi connectivity index (χ1n) is 11.8. The molecule has 7 nitrogen and oxygen atoms in total. The second kappa shape index (κ2) is 10.3. The summed E-state index contributed by atoms with van der Waals surface area (Å²) < 4.78 is 0. The van der Waals surface area contributed by atoms with Gasteiger partial charge in [0.2, 0.25) is 0 Å². The van der Waals surface area contributed by atoms with Crippen LogP contribution < -0.4 is 10.2 Å². The van der Waals surface area contributed by atoms with Crippen molar-refractivity contribution in [2.45, 2.75) is 38.6 Å². The summed E-state index contributed by atoms with van der Waals surface area (Å²) in [5, 5.41) is 24.4. The number of benzene rings is 2.